The number of H-pyrrole nitrogens is 1. The molecule has 0 bridgehead atoms. The van der Waals surface area contributed by atoms with E-state index in [-0.39, 0.29) is 12.5 Å². The SMILES string of the molecule is O=C(N[C@@H](CO)c1ccccc1)c1cnc[nH]1. The molecule has 17 heavy (non-hydrogen) atoms. The number of aliphatic hydroxyl groups is 1. The van der Waals surface area contributed by atoms with Gasteiger partial charge in [-0.25, -0.2) is 4.98 Å². The zero-order valence-corrected chi connectivity index (χ0v) is 9.13. The van der Waals surface area contributed by atoms with Crippen LogP contribution in [-0.2, 0) is 0 Å². The van der Waals surface area contributed by atoms with Crippen LogP contribution in [0.25, 0.3) is 0 Å². The van der Waals surface area contributed by atoms with Gasteiger partial charge in [0.05, 0.1) is 25.2 Å². The second-order valence-electron chi connectivity index (χ2n) is 3.58. The molecule has 0 radical (unpaired) electrons. The van der Waals surface area contributed by atoms with Gasteiger partial charge in [-0.15, -0.1) is 0 Å². The van der Waals surface area contributed by atoms with Gasteiger partial charge in [0.1, 0.15) is 5.69 Å². The van der Waals surface area contributed by atoms with Crippen molar-refractivity contribution in [3.05, 3.63) is 54.1 Å². The Morgan fingerprint density at radius 3 is 2.76 bits per heavy atom. The molecular weight excluding hydrogens is 218 g/mol. The maximum Gasteiger partial charge on any atom is 0.269 e. The average Bonchev–Trinajstić information content (AvgIpc) is 2.90. The normalized spacial score (nSPS) is 12.1. The molecule has 1 aromatic carbocycles. The lowest BCUT2D eigenvalue weighted by Crippen LogP contribution is -2.30. The lowest BCUT2D eigenvalue weighted by Gasteiger charge is -2.15. The minimum atomic E-state index is -0.410. The summed E-state index contributed by atoms with van der Waals surface area (Å²) in [5, 5.41) is 12.0. The van der Waals surface area contributed by atoms with E-state index in [0.717, 1.165) is 5.56 Å². The van der Waals surface area contributed by atoms with Gasteiger partial charge in [-0.05, 0) is 5.56 Å². The first-order valence-corrected chi connectivity index (χ1v) is 5.26. The predicted octanol–water partition coefficient (Wildman–Crippen LogP) is 0.873. The van der Waals surface area contributed by atoms with Crippen LogP contribution in [0.15, 0.2) is 42.9 Å². The fraction of sp³-hybridized carbons (Fsp3) is 0.167. The van der Waals surface area contributed by atoms with Crippen LogP contribution in [0.1, 0.15) is 22.1 Å². The van der Waals surface area contributed by atoms with Gasteiger partial charge in [0.15, 0.2) is 0 Å². The monoisotopic (exact) mass is 231 g/mol. The summed E-state index contributed by atoms with van der Waals surface area (Å²) in [5.41, 5.74) is 1.24. The van der Waals surface area contributed by atoms with Crippen LogP contribution < -0.4 is 5.32 Å². The summed E-state index contributed by atoms with van der Waals surface area (Å²) in [6.45, 7) is -0.149. The van der Waals surface area contributed by atoms with Gasteiger partial charge in [0.25, 0.3) is 5.91 Å². The zero-order valence-electron chi connectivity index (χ0n) is 9.13. The van der Waals surface area contributed by atoms with E-state index in [4.69, 9.17) is 0 Å². The molecule has 0 unspecified atom stereocenters. The third kappa shape index (κ3) is 2.70. The molecule has 3 N–H and O–H groups in total. The number of carbonyl (C=O) groups excluding carboxylic acids is 1. The van der Waals surface area contributed by atoms with Crippen LogP contribution in [0, 0.1) is 0 Å². The first-order chi connectivity index (χ1) is 8.31. The minimum absolute atomic E-state index is 0.149. The van der Waals surface area contributed by atoms with Crippen molar-refractivity contribution in [3.8, 4) is 0 Å². The molecule has 88 valence electrons. The number of aliphatic hydroxyl groups excluding tert-OH is 1. The quantitative estimate of drug-likeness (QED) is 0.730. The van der Waals surface area contributed by atoms with Crippen LogP contribution in [0.2, 0.25) is 0 Å². The Labute approximate surface area is 98.5 Å². The van der Waals surface area contributed by atoms with Crippen molar-refractivity contribution in [1.82, 2.24) is 15.3 Å². The Kier molecular flexibility index (Phi) is 3.52. The Hall–Kier alpha value is -2.14. The summed E-state index contributed by atoms with van der Waals surface area (Å²) >= 11 is 0. The molecular formula is C12H13N3O2. The van der Waals surface area contributed by atoms with Crippen LogP contribution in [0.3, 0.4) is 0 Å². The Bertz CT molecular complexity index is 468. The number of hydrogen-bond acceptors (Lipinski definition) is 3. The number of nitrogens with zero attached hydrogens (tertiary/aromatic N) is 1. The standard InChI is InChI=1S/C12H13N3O2/c16-7-11(9-4-2-1-3-5-9)15-12(17)10-6-13-8-14-10/h1-6,8,11,16H,7H2,(H,13,14)(H,15,17)/t11-/m0/s1. The fourth-order valence-electron chi connectivity index (χ4n) is 1.54. The highest BCUT2D eigenvalue weighted by atomic mass is 16.3. The van der Waals surface area contributed by atoms with Crippen molar-refractivity contribution < 1.29 is 9.90 Å². The molecule has 0 aliphatic heterocycles. The minimum Gasteiger partial charge on any atom is -0.394 e. The Balaban J connectivity index is 2.09. The summed E-state index contributed by atoms with van der Waals surface area (Å²) in [5.74, 6) is -0.287. The topological polar surface area (TPSA) is 78.0 Å². The number of imidazole rings is 1. The van der Waals surface area contributed by atoms with E-state index in [1.54, 1.807) is 0 Å². The van der Waals surface area contributed by atoms with Gasteiger partial charge in [-0.3, -0.25) is 4.79 Å². The Morgan fingerprint density at radius 2 is 2.18 bits per heavy atom. The molecule has 2 aromatic rings. The number of rotatable bonds is 4. The maximum atomic E-state index is 11.8. The number of aromatic nitrogens is 2. The lowest BCUT2D eigenvalue weighted by molar-refractivity contribution is 0.0911. The van der Waals surface area contributed by atoms with Gasteiger partial charge in [-0.2, -0.15) is 0 Å². The molecule has 0 aliphatic carbocycles. The highest BCUT2D eigenvalue weighted by Crippen LogP contribution is 2.12. The van der Waals surface area contributed by atoms with Crippen molar-refractivity contribution >= 4 is 5.91 Å². The van der Waals surface area contributed by atoms with Crippen LogP contribution in [-0.4, -0.2) is 27.6 Å². The number of nitrogens with one attached hydrogen (secondary N) is 2. The van der Waals surface area contributed by atoms with Crippen LogP contribution in [0.5, 0.6) is 0 Å². The smallest absolute Gasteiger partial charge is 0.269 e. The summed E-state index contributed by atoms with van der Waals surface area (Å²) in [6.07, 6.45) is 2.88. The molecule has 0 saturated carbocycles. The van der Waals surface area contributed by atoms with Gasteiger partial charge >= 0.3 is 0 Å². The second-order valence-corrected chi connectivity index (χ2v) is 3.58. The van der Waals surface area contributed by atoms with Crippen LogP contribution >= 0.6 is 0 Å². The van der Waals surface area contributed by atoms with E-state index in [1.165, 1.54) is 12.5 Å². The molecule has 1 heterocycles. The summed E-state index contributed by atoms with van der Waals surface area (Å²) in [7, 11) is 0. The first-order valence-electron chi connectivity index (χ1n) is 5.26. The molecule has 0 fully saturated rings. The van der Waals surface area contributed by atoms with E-state index in [1.807, 2.05) is 30.3 Å². The molecule has 5 heteroatoms. The average molecular weight is 231 g/mol. The van der Waals surface area contributed by atoms with Crippen molar-refractivity contribution in [3.63, 3.8) is 0 Å². The number of aromatic amines is 1. The highest BCUT2D eigenvalue weighted by Gasteiger charge is 2.15. The third-order valence-corrected chi connectivity index (χ3v) is 2.43. The van der Waals surface area contributed by atoms with E-state index >= 15 is 0 Å². The van der Waals surface area contributed by atoms with Crippen molar-refractivity contribution in [2.45, 2.75) is 6.04 Å². The molecule has 1 amide bonds. The number of benzene rings is 1. The number of amides is 1. The van der Waals surface area contributed by atoms with Crippen LogP contribution in [0.4, 0.5) is 0 Å². The van der Waals surface area contributed by atoms with Crippen molar-refractivity contribution in [1.29, 1.82) is 0 Å². The number of carbonyl (C=O) groups is 1. The van der Waals surface area contributed by atoms with Gasteiger partial charge in [0, 0.05) is 0 Å². The second kappa shape index (κ2) is 5.27. The molecule has 0 saturated heterocycles. The predicted molar refractivity (Wildman–Crippen MR) is 62.3 cm³/mol. The van der Waals surface area contributed by atoms with E-state index < -0.39 is 6.04 Å². The summed E-state index contributed by atoms with van der Waals surface area (Å²) in [4.78, 5) is 18.2. The lowest BCUT2D eigenvalue weighted by atomic mass is 10.1. The molecule has 0 aliphatic rings. The molecule has 1 aromatic heterocycles. The van der Waals surface area contributed by atoms with Gasteiger partial charge in [0.2, 0.25) is 0 Å². The zero-order chi connectivity index (χ0) is 12.1. The van der Waals surface area contributed by atoms with E-state index in [9.17, 15) is 9.90 Å². The molecule has 2 rings (SSSR count). The van der Waals surface area contributed by atoms with Crippen molar-refractivity contribution in [2.24, 2.45) is 0 Å². The highest BCUT2D eigenvalue weighted by molar-refractivity contribution is 5.92. The molecule has 1 atom stereocenters. The third-order valence-electron chi connectivity index (χ3n) is 2.43. The van der Waals surface area contributed by atoms with Gasteiger partial charge < -0.3 is 15.4 Å². The Morgan fingerprint density at radius 1 is 1.41 bits per heavy atom. The molecule has 5 nitrogen and oxygen atoms in total. The summed E-state index contributed by atoms with van der Waals surface area (Å²) in [6, 6.07) is 8.91. The number of hydrogen-bond donors (Lipinski definition) is 3. The largest absolute Gasteiger partial charge is 0.394 e. The van der Waals surface area contributed by atoms with E-state index in [0.29, 0.717) is 5.69 Å². The first kappa shape index (κ1) is 11.3. The maximum absolute atomic E-state index is 11.8. The molecule has 0 spiro atoms. The van der Waals surface area contributed by atoms with Gasteiger partial charge in [-0.1, -0.05) is 30.3 Å². The fourth-order valence-corrected chi connectivity index (χ4v) is 1.54. The van der Waals surface area contributed by atoms with E-state index in [2.05, 4.69) is 15.3 Å². The van der Waals surface area contributed by atoms with Crippen molar-refractivity contribution in [2.75, 3.05) is 6.61 Å². The summed E-state index contributed by atoms with van der Waals surface area (Å²) < 4.78 is 0.